The Bertz CT molecular complexity index is 2890. The molecule has 0 N–H and O–H groups in total. The molecule has 49 heavy (non-hydrogen) atoms. The van der Waals surface area contributed by atoms with Crippen molar-refractivity contribution in [1.82, 2.24) is 15.0 Å². The van der Waals surface area contributed by atoms with E-state index in [9.17, 15) is 0 Å². The molecule has 0 unspecified atom stereocenters. The van der Waals surface area contributed by atoms with E-state index in [-0.39, 0.29) is 0 Å². The highest BCUT2D eigenvalue weighted by atomic mass is 16.3. The van der Waals surface area contributed by atoms with Crippen LogP contribution in [-0.2, 0) is 0 Å². The molecular weight excluding hydrogens is 599 g/mol. The highest BCUT2D eigenvalue weighted by Crippen LogP contribution is 2.39. The third kappa shape index (κ3) is 4.65. The minimum absolute atomic E-state index is 0.604. The Balaban J connectivity index is 1.17. The summed E-state index contributed by atoms with van der Waals surface area (Å²) < 4.78 is 6.42. The number of nitrogens with zero attached hydrogens (tertiary/aromatic N) is 3. The van der Waals surface area contributed by atoms with Crippen LogP contribution in [0.5, 0.6) is 0 Å². The van der Waals surface area contributed by atoms with Gasteiger partial charge in [-0.1, -0.05) is 133 Å². The largest absolute Gasteiger partial charge is 0.456 e. The van der Waals surface area contributed by atoms with Gasteiger partial charge in [-0.15, -0.1) is 0 Å². The second-order valence-corrected chi connectivity index (χ2v) is 12.4. The number of rotatable bonds is 4. The smallest absolute Gasteiger partial charge is 0.164 e. The first-order valence-corrected chi connectivity index (χ1v) is 16.4. The van der Waals surface area contributed by atoms with Crippen molar-refractivity contribution in [2.75, 3.05) is 0 Å². The number of hydrogen-bond donors (Lipinski definition) is 0. The molecule has 10 rings (SSSR count). The Hall–Kier alpha value is -6.65. The van der Waals surface area contributed by atoms with Crippen LogP contribution in [0.2, 0.25) is 0 Å². The van der Waals surface area contributed by atoms with Crippen LogP contribution < -0.4 is 0 Å². The molecular formula is C45H27N3O. The Labute approximate surface area is 282 Å². The van der Waals surface area contributed by atoms with Crippen molar-refractivity contribution in [3.8, 4) is 45.3 Å². The molecule has 0 saturated heterocycles. The van der Waals surface area contributed by atoms with Gasteiger partial charge in [0.2, 0.25) is 0 Å². The molecule has 2 heterocycles. The van der Waals surface area contributed by atoms with Crippen molar-refractivity contribution in [2.45, 2.75) is 0 Å². The predicted octanol–water partition coefficient (Wildman–Crippen LogP) is 11.9. The third-order valence-electron chi connectivity index (χ3n) is 9.49. The van der Waals surface area contributed by atoms with Gasteiger partial charge in [-0.2, -0.15) is 0 Å². The normalized spacial score (nSPS) is 11.7. The summed E-state index contributed by atoms with van der Waals surface area (Å²) in [5.74, 6) is 1.85. The van der Waals surface area contributed by atoms with E-state index in [0.717, 1.165) is 55.1 Å². The number of hydrogen-bond acceptors (Lipinski definition) is 4. The molecule has 0 bridgehead atoms. The molecule has 0 saturated carbocycles. The van der Waals surface area contributed by atoms with Gasteiger partial charge in [0.25, 0.3) is 0 Å². The third-order valence-corrected chi connectivity index (χ3v) is 9.49. The summed E-state index contributed by atoms with van der Waals surface area (Å²) >= 11 is 0. The molecule has 0 aliphatic rings. The summed E-state index contributed by atoms with van der Waals surface area (Å²) in [6.45, 7) is 0. The van der Waals surface area contributed by atoms with Gasteiger partial charge in [-0.05, 0) is 73.8 Å². The van der Waals surface area contributed by atoms with Gasteiger partial charge in [-0.25, -0.2) is 15.0 Å². The fraction of sp³-hybridized carbons (Fsp3) is 0. The van der Waals surface area contributed by atoms with Gasteiger partial charge < -0.3 is 4.42 Å². The van der Waals surface area contributed by atoms with Crippen molar-refractivity contribution in [2.24, 2.45) is 0 Å². The van der Waals surface area contributed by atoms with E-state index in [1.807, 2.05) is 42.5 Å². The molecule has 0 aliphatic carbocycles. The van der Waals surface area contributed by atoms with Crippen LogP contribution in [-0.4, -0.2) is 15.0 Å². The highest BCUT2D eigenvalue weighted by Gasteiger charge is 2.19. The average molecular weight is 626 g/mol. The van der Waals surface area contributed by atoms with E-state index in [4.69, 9.17) is 19.4 Å². The maximum absolute atomic E-state index is 6.42. The van der Waals surface area contributed by atoms with Crippen molar-refractivity contribution >= 4 is 54.3 Å². The molecule has 8 aromatic carbocycles. The average Bonchev–Trinajstić information content (AvgIpc) is 3.56. The van der Waals surface area contributed by atoms with Gasteiger partial charge in [0.05, 0.1) is 0 Å². The van der Waals surface area contributed by atoms with Crippen LogP contribution in [0, 0.1) is 0 Å². The summed E-state index contributed by atoms with van der Waals surface area (Å²) in [5, 5.41) is 9.25. The highest BCUT2D eigenvalue weighted by molar-refractivity contribution is 6.13. The van der Waals surface area contributed by atoms with E-state index >= 15 is 0 Å². The van der Waals surface area contributed by atoms with E-state index in [0.29, 0.717) is 17.5 Å². The number of aromatic nitrogens is 3. The zero-order valence-corrected chi connectivity index (χ0v) is 26.3. The van der Waals surface area contributed by atoms with Crippen LogP contribution in [0.15, 0.2) is 168 Å². The molecule has 0 fully saturated rings. The minimum Gasteiger partial charge on any atom is -0.456 e. The first-order valence-electron chi connectivity index (χ1n) is 16.4. The second kappa shape index (κ2) is 11.0. The summed E-state index contributed by atoms with van der Waals surface area (Å²) in [5.41, 5.74) is 6.68. The minimum atomic E-state index is 0.604. The lowest BCUT2D eigenvalue weighted by Gasteiger charge is -2.10. The quantitative estimate of drug-likeness (QED) is 0.183. The Morgan fingerprint density at radius 2 is 0.959 bits per heavy atom. The van der Waals surface area contributed by atoms with Crippen molar-refractivity contribution in [1.29, 1.82) is 0 Å². The van der Waals surface area contributed by atoms with Crippen molar-refractivity contribution < 1.29 is 4.42 Å². The van der Waals surface area contributed by atoms with Gasteiger partial charge in [0.1, 0.15) is 11.2 Å². The molecule has 0 atom stereocenters. The summed E-state index contributed by atoms with van der Waals surface area (Å²) in [6, 6.07) is 57.0. The van der Waals surface area contributed by atoms with Crippen molar-refractivity contribution in [3.05, 3.63) is 164 Å². The fourth-order valence-electron chi connectivity index (χ4n) is 7.06. The molecule has 0 amide bonds. The molecule has 228 valence electrons. The molecule has 0 aliphatic heterocycles. The monoisotopic (exact) mass is 625 g/mol. The van der Waals surface area contributed by atoms with Gasteiger partial charge in [-0.3, -0.25) is 0 Å². The summed E-state index contributed by atoms with van der Waals surface area (Å²) in [4.78, 5) is 15.3. The Morgan fingerprint density at radius 3 is 1.86 bits per heavy atom. The molecule has 2 aromatic heterocycles. The van der Waals surface area contributed by atoms with Crippen molar-refractivity contribution in [3.63, 3.8) is 0 Å². The summed E-state index contributed by atoms with van der Waals surface area (Å²) in [7, 11) is 0. The summed E-state index contributed by atoms with van der Waals surface area (Å²) in [6.07, 6.45) is 0. The van der Waals surface area contributed by atoms with E-state index in [2.05, 4.69) is 121 Å². The first kappa shape index (κ1) is 27.5. The lowest BCUT2D eigenvalue weighted by molar-refractivity contribution is 0.669. The molecule has 4 heteroatoms. The zero-order valence-electron chi connectivity index (χ0n) is 26.3. The van der Waals surface area contributed by atoms with E-state index < -0.39 is 0 Å². The topological polar surface area (TPSA) is 51.8 Å². The van der Waals surface area contributed by atoms with Gasteiger partial charge in [0, 0.05) is 27.5 Å². The van der Waals surface area contributed by atoms with Crippen LogP contribution in [0.1, 0.15) is 0 Å². The molecule has 0 spiro atoms. The standard InChI is InChI=1S/C45H27N3O/c1-2-11-30(12-3-1)43-46-44(35-21-23-37-34(26-35)20-18-29-10-6-7-14-36(29)37)48-45(47-43)38-15-8-16-41-42(38)39-27-33(22-24-40(39)49-41)32-19-17-28-9-4-5-13-31(28)25-32/h1-27H. The fourth-order valence-corrected chi connectivity index (χ4v) is 7.06. The zero-order chi connectivity index (χ0) is 32.3. The number of fused-ring (bicyclic) bond motifs is 7. The van der Waals surface area contributed by atoms with Gasteiger partial charge in [0.15, 0.2) is 17.5 Å². The molecule has 4 nitrogen and oxygen atoms in total. The number of benzene rings is 8. The lowest BCUT2D eigenvalue weighted by Crippen LogP contribution is -2.00. The van der Waals surface area contributed by atoms with E-state index in [1.54, 1.807) is 0 Å². The van der Waals surface area contributed by atoms with Gasteiger partial charge >= 0.3 is 0 Å². The van der Waals surface area contributed by atoms with Crippen LogP contribution >= 0.6 is 0 Å². The lowest BCUT2D eigenvalue weighted by atomic mass is 9.98. The van der Waals surface area contributed by atoms with Crippen LogP contribution in [0.3, 0.4) is 0 Å². The maximum Gasteiger partial charge on any atom is 0.164 e. The SMILES string of the molecule is c1ccc(-c2nc(-c3ccc4c(ccc5ccccc54)c3)nc(-c3cccc4oc5ccc(-c6ccc7ccccc7c6)cc5c34)n2)cc1. The van der Waals surface area contributed by atoms with E-state index in [1.165, 1.54) is 26.9 Å². The molecule has 10 aromatic rings. The molecule has 0 radical (unpaired) electrons. The number of furan rings is 1. The second-order valence-electron chi connectivity index (χ2n) is 12.4. The maximum atomic E-state index is 6.42. The predicted molar refractivity (Wildman–Crippen MR) is 201 cm³/mol. The van der Waals surface area contributed by atoms with Crippen LogP contribution in [0.4, 0.5) is 0 Å². The Morgan fingerprint density at radius 1 is 0.327 bits per heavy atom. The first-order chi connectivity index (χ1) is 24.2. The Kier molecular flexibility index (Phi) is 6.15. The van der Waals surface area contributed by atoms with Crippen LogP contribution in [0.25, 0.3) is 99.5 Å².